The van der Waals surface area contributed by atoms with Crippen LogP contribution in [0.1, 0.15) is 5.56 Å². The van der Waals surface area contributed by atoms with Gasteiger partial charge >= 0.3 is 5.16 Å². The van der Waals surface area contributed by atoms with Gasteiger partial charge in [-0.3, -0.25) is 4.98 Å². The lowest BCUT2D eigenvalue weighted by molar-refractivity contribution is 0.174. The number of imidazole rings is 1. The fraction of sp³-hybridized carbons (Fsp3) is 0.235. The zero-order valence-electron chi connectivity index (χ0n) is 13.7. The first kappa shape index (κ1) is 16.4. The van der Waals surface area contributed by atoms with Crippen molar-refractivity contribution in [2.45, 2.75) is 10.9 Å². The van der Waals surface area contributed by atoms with E-state index in [2.05, 4.69) is 9.97 Å². The summed E-state index contributed by atoms with van der Waals surface area (Å²) in [6.45, 7) is 0.211. The molecule has 1 aliphatic heterocycles. The minimum absolute atomic E-state index is 0.211. The summed E-state index contributed by atoms with van der Waals surface area (Å²) < 4.78 is 23.5. The number of H-pyrrole nitrogens is 1. The normalized spacial score (nSPS) is 14.1. The van der Waals surface area contributed by atoms with Crippen molar-refractivity contribution in [1.82, 2.24) is 9.97 Å². The molecular formula is C17H16ClN3O3S. The van der Waals surface area contributed by atoms with Crippen molar-refractivity contribution in [3.05, 3.63) is 40.9 Å². The van der Waals surface area contributed by atoms with Crippen molar-refractivity contribution in [3.63, 3.8) is 0 Å². The van der Waals surface area contributed by atoms with Crippen LogP contribution in [-0.2, 0) is 16.9 Å². The molecule has 6 nitrogen and oxygen atoms in total. The Kier molecular flexibility index (Phi) is 4.15. The van der Waals surface area contributed by atoms with Gasteiger partial charge in [-0.25, -0.2) is 0 Å². The first-order valence-corrected chi connectivity index (χ1v) is 9.34. The number of aromatic nitrogens is 2. The van der Waals surface area contributed by atoms with Gasteiger partial charge in [0, 0.05) is 53.7 Å². The second kappa shape index (κ2) is 6.33. The third kappa shape index (κ3) is 3.10. The zero-order valence-corrected chi connectivity index (χ0v) is 15.3. The molecule has 8 heteroatoms. The van der Waals surface area contributed by atoms with Crippen molar-refractivity contribution in [2.75, 3.05) is 25.8 Å². The molecule has 0 saturated carbocycles. The Morgan fingerprint density at radius 3 is 2.76 bits per heavy atom. The van der Waals surface area contributed by atoms with Crippen LogP contribution in [0.25, 0.3) is 11.0 Å². The maximum Gasteiger partial charge on any atom is 0.321 e. The van der Waals surface area contributed by atoms with Crippen LogP contribution < -0.4 is 14.4 Å². The van der Waals surface area contributed by atoms with Crippen LogP contribution in [0.3, 0.4) is 0 Å². The van der Waals surface area contributed by atoms with Gasteiger partial charge in [-0.1, -0.05) is 11.6 Å². The van der Waals surface area contributed by atoms with E-state index in [9.17, 15) is 4.55 Å². The summed E-state index contributed by atoms with van der Waals surface area (Å²) in [7, 11) is 3.89. The molecular weight excluding hydrogens is 362 g/mol. The maximum absolute atomic E-state index is 12.8. The number of aromatic amines is 1. The van der Waals surface area contributed by atoms with E-state index in [0.29, 0.717) is 32.9 Å². The number of halogens is 1. The number of nitrogens with one attached hydrogen (secondary N) is 1. The number of fused-ring (bicyclic) bond motifs is 2. The van der Waals surface area contributed by atoms with Crippen LogP contribution in [0.5, 0.6) is 11.5 Å². The predicted molar refractivity (Wildman–Crippen MR) is 98.1 cm³/mol. The molecule has 1 atom stereocenters. The molecule has 4 rings (SSSR count). The maximum atomic E-state index is 12.8. The standard InChI is InChI=1S/C17H16ClN3O3S/c1-21(2)14-4-3-11(18)5-10(14)8-25(22)17-19-12-6-15-16(24-9-23-15)7-13(12)20-17/h3-7H,8-9H2,1-2H3,(H,19,20). The van der Waals surface area contributed by atoms with Crippen molar-refractivity contribution in [2.24, 2.45) is 0 Å². The Morgan fingerprint density at radius 2 is 2.00 bits per heavy atom. The number of hydrogen-bond donors (Lipinski definition) is 1. The van der Waals surface area contributed by atoms with Gasteiger partial charge < -0.3 is 18.9 Å². The van der Waals surface area contributed by atoms with E-state index in [4.69, 9.17) is 21.1 Å². The van der Waals surface area contributed by atoms with Gasteiger partial charge in [-0.15, -0.1) is 0 Å². The lowest BCUT2D eigenvalue weighted by atomic mass is 10.2. The molecule has 0 fully saturated rings. The molecule has 1 aliphatic rings. The largest absolute Gasteiger partial charge is 0.609 e. The fourth-order valence-electron chi connectivity index (χ4n) is 2.80. The fourth-order valence-corrected chi connectivity index (χ4v) is 4.07. The van der Waals surface area contributed by atoms with E-state index in [1.165, 1.54) is 0 Å². The topological polar surface area (TPSA) is 73.4 Å². The van der Waals surface area contributed by atoms with Gasteiger partial charge in [0.1, 0.15) is 5.75 Å². The number of ether oxygens (including phenoxy) is 2. The molecule has 25 heavy (non-hydrogen) atoms. The van der Waals surface area contributed by atoms with Crippen LogP contribution >= 0.6 is 11.6 Å². The Bertz CT molecular complexity index is 903. The van der Waals surface area contributed by atoms with Crippen LogP contribution in [-0.4, -0.2) is 35.4 Å². The van der Waals surface area contributed by atoms with Crippen molar-refractivity contribution in [1.29, 1.82) is 0 Å². The molecule has 1 N–H and O–H groups in total. The summed E-state index contributed by atoms with van der Waals surface area (Å²) in [6.07, 6.45) is 0. The van der Waals surface area contributed by atoms with Gasteiger partial charge in [-0.05, 0) is 18.2 Å². The van der Waals surface area contributed by atoms with Gasteiger partial charge in [0.2, 0.25) is 6.79 Å². The van der Waals surface area contributed by atoms with E-state index in [0.717, 1.165) is 16.8 Å². The van der Waals surface area contributed by atoms with Crippen LogP contribution in [0.4, 0.5) is 5.69 Å². The minimum atomic E-state index is -1.33. The highest BCUT2D eigenvalue weighted by Gasteiger charge is 2.22. The van der Waals surface area contributed by atoms with Crippen molar-refractivity contribution >= 4 is 39.5 Å². The average molecular weight is 378 g/mol. The first-order valence-electron chi connectivity index (χ1n) is 7.65. The molecule has 0 saturated heterocycles. The van der Waals surface area contributed by atoms with Crippen molar-refractivity contribution < 1.29 is 14.0 Å². The highest BCUT2D eigenvalue weighted by atomic mass is 35.5. The number of anilines is 1. The van der Waals surface area contributed by atoms with Crippen LogP contribution in [0, 0.1) is 0 Å². The Hall–Kier alpha value is -2.09. The van der Waals surface area contributed by atoms with Crippen LogP contribution in [0.2, 0.25) is 5.02 Å². The highest BCUT2D eigenvalue weighted by molar-refractivity contribution is 7.90. The second-order valence-electron chi connectivity index (χ2n) is 5.92. The Labute approximate surface area is 152 Å². The van der Waals surface area contributed by atoms with Gasteiger partial charge in [0.25, 0.3) is 0 Å². The van der Waals surface area contributed by atoms with Crippen molar-refractivity contribution in [3.8, 4) is 11.5 Å². The Balaban J connectivity index is 1.64. The third-order valence-electron chi connectivity index (χ3n) is 3.98. The monoisotopic (exact) mass is 377 g/mol. The van der Waals surface area contributed by atoms with Gasteiger partial charge in [0.05, 0.1) is 11.0 Å². The molecule has 1 aromatic heterocycles. The average Bonchev–Trinajstić information content (AvgIpc) is 3.17. The van der Waals surface area contributed by atoms with E-state index >= 15 is 0 Å². The van der Waals surface area contributed by atoms with Gasteiger partial charge in [-0.2, -0.15) is 4.98 Å². The zero-order chi connectivity index (χ0) is 17.6. The van der Waals surface area contributed by atoms with E-state index in [1.807, 2.05) is 43.3 Å². The lowest BCUT2D eigenvalue weighted by Crippen LogP contribution is -2.14. The summed E-state index contributed by atoms with van der Waals surface area (Å²) in [5.74, 6) is 1.64. The molecule has 2 heterocycles. The SMILES string of the molecule is CN(C)c1ccc(Cl)cc1C[S+]([O-])c1nc2cc3c(cc2[nH]1)OCO3. The lowest BCUT2D eigenvalue weighted by Gasteiger charge is -2.18. The third-order valence-corrected chi connectivity index (χ3v) is 5.41. The van der Waals surface area contributed by atoms with E-state index in [1.54, 1.807) is 6.07 Å². The summed E-state index contributed by atoms with van der Waals surface area (Å²) in [6, 6.07) is 9.20. The van der Waals surface area contributed by atoms with E-state index in [-0.39, 0.29) is 6.79 Å². The quantitative estimate of drug-likeness (QED) is 0.706. The molecule has 0 spiro atoms. The first-order chi connectivity index (χ1) is 12.0. The molecule has 0 aliphatic carbocycles. The molecule has 130 valence electrons. The highest BCUT2D eigenvalue weighted by Crippen LogP contribution is 2.36. The smallest absolute Gasteiger partial charge is 0.321 e. The number of benzene rings is 2. The summed E-state index contributed by atoms with van der Waals surface area (Å²) in [4.78, 5) is 9.53. The minimum Gasteiger partial charge on any atom is -0.609 e. The molecule has 2 aromatic carbocycles. The molecule has 0 bridgehead atoms. The number of rotatable bonds is 4. The summed E-state index contributed by atoms with van der Waals surface area (Å²) >= 11 is 4.77. The second-order valence-corrected chi connectivity index (χ2v) is 7.72. The molecule has 0 amide bonds. The number of hydrogen-bond acceptors (Lipinski definition) is 5. The molecule has 1 unspecified atom stereocenters. The van der Waals surface area contributed by atoms with E-state index < -0.39 is 11.2 Å². The predicted octanol–water partition coefficient (Wildman–Crippen LogP) is 3.32. The summed E-state index contributed by atoms with van der Waals surface area (Å²) in [5.41, 5.74) is 3.36. The molecule has 3 aromatic rings. The number of nitrogens with zero attached hydrogens (tertiary/aromatic N) is 2. The molecule has 0 radical (unpaired) electrons. The Morgan fingerprint density at radius 1 is 1.24 bits per heavy atom. The van der Waals surface area contributed by atoms with Gasteiger partial charge in [0.15, 0.2) is 11.5 Å². The summed E-state index contributed by atoms with van der Waals surface area (Å²) in [5, 5.41) is 1.04. The van der Waals surface area contributed by atoms with Crippen LogP contribution in [0.15, 0.2) is 35.5 Å².